The Morgan fingerprint density at radius 3 is 2.33 bits per heavy atom. The molecule has 0 aliphatic heterocycles. The zero-order chi connectivity index (χ0) is 30.7. The van der Waals surface area contributed by atoms with Gasteiger partial charge >= 0.3 is 12.4 Å². The number of ether oxygens (including phenoxy) is 1. The van der Waals surface area contributed by atoms with E-state index in [1.54, 1.807) is 0 Å². The molecule has 5 aromatic rings. The second-order valence-corrected chi connectivity index (χ2v) is 10.7. The van der Waals surface area contributed by atoms with E-state index in [0.29, 0.717) is 22.7 Å². The number of alkyl halides is 3. The largest absolute Gasteiger partial charge is 0.573 e. The van der Waals surface area contributed by atoms with Gasteiger partial charge in [0.25, 0.3) is 0 Å². The van der Waals surface area contributed by atoms with E-state index in [9.17, 15) is 18.0 Å². The van der Waals surface area contributed by atoms with E-state index in [4.69, 9.17) is 0 Å². The number of halogens is 3. The zero-order valence-electron chi connectivity index (χ0n) is 23.8. The number of aromatic nitrogens is 4. The third-order valence-corrected chi connectivity index (χ3v) is 7.44. The monoisotopic (exact) mass is 604 g/mol. The highest BCUT2D eigenvalue weighted by molar-refractivity contribution is 7.07. The Bertz CT molecular complexity index is 1840. The summed E-state index contributed by atoms with van der Waals surface area (Å²) in [6, 6.07) is 16.4. The van der Waals surface area contributed by atoms with Gasteiger partial charge in [-0.05, 0) is 68.7 Å². The number of amides is 2. The summed E-state index contributed by atoms with van der Waals surface area (Å²) in [6.07, 6.45) is -1.31. The first-order valence-electron chi connectivity index (χ1n) is 13.2. The van der Waals surface area contributed by atoms with Crippen LogP contribution >= 0.6 is 11.3 Å². The Labute approximate surface area is 249 Å². The predicted molar refractivity (Wildman–Crippen MR) is 159 cm³/mol. The Morgan fingerprint density at radius 2 is 1.67 bits per heavy atom. The van der Waals surface area contributed by atoms with Crippen LogP contribution in [0.5, 0.6) is 5.75 Å². The SMILES string of the molecule is Cc1cc(C)c(-n2c(C)csc2=NC(=O)N=CCc2ccc(-c3ncn(-c4ccc(OC(F)(F)F)cc4)n3)cc2)c(C)c1. The fraction of sp³-hybridized carbons (Fsp3) is 0.194. The van der Waals surface area contributed by atoms with Crippen molar-refractivity contribution in [2.24, 2.45) is 9.98 Å². The number of carbonyl (C=O) groups excluding carboxylic acids is 1. The predicted octanol–water partition coefficient (Wildman–Crippen LogP) is 7.25. The van der Waals surface area contributed by atoms with Gasteiger partial charge in [0.15, 0.2) is 10.6 Å². The van der Waals surface area contributed by atoms with Gasteiger partial charge in [-0.1, -0.05) is 42.0 Å². The van der Waals surface area contributed by atoms with Crippen LogP contribution in [-0.4, -0.2) is 37.9 Å². The van der Waals surface area contributed by atoms with Crippen molar-refractivity contribution in [1.82, 2.24) is 19.3 Å². The molecule has 43 heavy (non-hydrogen) atoms. The van der Waals surface area contributed by atoms with Gasteiger partial charge in [0, 0.05) is 29.3 Å². The lowest BCUT2D eigenvalue weighted by atomic mass is 10.0. The molecule has 8 nitrogen and oxygen atoms in total. The second kappa shape index (κ2) is 12.2. The zero-order valence-corrected chi connectivity index (χ0v) is 24.6. The van der Waals surface area contributed by atoms with Crippen molar-refractivity contribution >= 4 is 23.6 Å². The van der Waals surface area contributed by atoms with E-state index in [1.165, 1.54) is 58.4 Å². The minimum atomic E-state index is -4.75. The van der Waals surface area contributed by atoms with Gasteiger partial charge in [-0.25, -0.2) is 19.5 Å². The molecular weight excluding hydrogens is 577 g/mol. The third kappa shape index (κ3) is 7.15. The average molecular weight is 605 g/mol. The number of aryl methyl sites for hydroxylation is 4. The molecule has 3 aromatic carbocycles. The normalized spacial score (nSPS) is 12.3. The number of hydrogen-bond acceptors (Lipinski definition) is 5. The molecule has 5 rings (SSSR count). The number of hydrogen-bond donors (Lipinski definition) is 0. The van der Waals surface area contributed by atoms with Crippen LogP contribution in [0.2, 0.25) is 0 Å². The van der Waals surface area contributed by atoms with Gasteiger partial charge in [0.05, 0.1) is 11.4 Å². The number of rotatable bonds is 6. The lowest BCUT2D eigenvalue weighted by Crippen LogP contribution is -2.18. The minimum absolute atomic E-state index is 0.316. The molecule has 0 aliphatic carbocycles. The van der Waals surface area contributed by atoms with Crippen molar-refractivity contribution in [3.63, 3.8) is 0 Å². The van der Waals surface area contributed by atoms with E-state index >= 15 is 0 Å². The van der Waals surface area contributed by atoms with E-state index in [0.717, 1.165) is 33.6 Å². The maximum atomic E-state index is 12.6. The van der Waals surface area contributed by atoms with Crippen molar-refractivity contribution in [2.75, 3.05) is 0 Å². The van der Waals surface area contributed by atoms with Gasteiger partial charge in [-0.2, -0.15) is 4.99 Å². The minimum Gasteiger partial charge on any atom is -0.406 e. The Hall–Kier alpha value is -4.84. The lowest BCUT2D eigenvalue weighted by Gasteiger charge is -2.14. The summed E-state index contributed by atoms with van der Waals surface area (Å²) in [7, 11) is 0. The van der Waals surface area contributed by atoms with Crippen molar-refractivity contribution in [1.29, 1.82) is 0 Å². The molecule has 0 bridgehead atoms. The van der Waals surface area contributed by atoms with Crippen LogP contribution in [0.1, 0.15) is 27.9 Å². The molecule has 0 saturated heterocycles. The molecule has 0 atom stereocenters. The van der Waals surface area contributed by atoms with Gasteiger partial charge < -0.3 is 4.74 Å². The standard InChI is InChI=1S/C31H27F3N6O2S/c1-19-15-20(2)27(21(3)16-19)40-22(4)17-43-30(40)37-29(41)35-14-13-23-5-7-24(8-6-23)28-36-18-39(38-28)25-9-11-26(12-10-25)42-31(32,33)34/h5-12,14-18H,13H2,1-4H3. The molecule has 0 fully saturated rings. The highest BCUT2D eigenvalue weighted by Crippen LogP contribution is 2.25. The molecule has 0 radical (unpaired) electrons. The van der Waals surface area contributed by atoms with E-state index in [2.05, 4.69) is 57.7 Å². The fourth-order valence-electron chi connectivity index (χ4n) is 4.72. The van der Waals surface area contributed by atoms with Crippen LogP contribution in [0, 0.1) is 27.7 Å². The van der Waals surface area contributed by atoms with Crippen LogP contribution < -0.4 is 9.54 Å². The summed E-state index contributed by atoms with van der Waals surface area (Å²) in [6.45, 7) is 8.15. The molecule has 0 saturated carbocycles. The summed E-state index contributed by atoms with van der Waals surface area (Å²) in [5, 5.41) is 6.38. The maximum Gasteiger partial charge on any atom is 0.573 e. The number of urea groups is 1. The summed E-state index contributed by atoms with van der Waals surface area (Å²) in [5.74, 6) is 0.132. The molecule has 0 unspecified atom stereocenters. The summed E-state index contributed by atoms with van der Waals surface area (Å²) in [5.41, 5.74) is 7.61. The Balaban J connectivity index is 1.24. The van der Waals surface area contributed by atoms with Crippen LogP contribution in [-0.2, 0) is 6.42 Å². The molecule has 2 amide bonds. The molecule has 0 N–H and O–H groups in total. The Kier molecular flexibility index (Phi) is 8.40. The first kappa shape index (κ1) is 29.6. The number of thiazole rings is 1. The summed E-state index contributed by atoms with van der Waals surface area (Å²) < 4.78 is 44.5. The topological polar surface area (TPSA) is 86.7 Å². The van der Waals surface area contributed by atoms with E-state index in [1.807, 2.05) is 41.1 Å². The van der Waals surface area contributed by atoms with Crippen molar-refractivity contribution in [2.45, 2.75) is 40.5 Å². The first-order chi connectivity index (χ1) is 20.5. The van der Waals surface area contributed by atoms with Crippen molar-refractivity contribution < 1.29 is 22.7 Å². The van der Waals surface area contributed by atoms with Crippen LogP contribution in [0.3, 0.4) is 0 Å². The highest BCUT2D eigenvalue weighted by atomic mass is 32.1. The average Bonchev–Trinajstić information content (AvgIpc) is 3.56. The number of carbonyl (C=O) groups is 1. The molecule has 2 aromatic heterocycles. The van der Waals surface area contributed by atoms with Crippen LogP contribution in [0.4, 0.5) is 18.0 Å². The van der Waals surface area contributed by atoms with Crippen LogP contribution in [0.25, 0.3) is 22.8 Å². The van der Waals surface area contributed by atoms with Gasteiger partial charge in [-0.3, -0.25) is 4.57 Å². The van der Waals surface area contributed by atoms with E-state index < -0.39 is 12.4 Å². The molecule has 0 spiro atoms. The molecule has 0 aliphatic rings. The van der Waals surface area contributed by atoms with Gasteiger partial charge in [0.2, 0.25) is 0 Å². The van der Waals surface area contributed by atoms with Crippen molar-refractivity contribution in [3.05, 3.63) is 105 Å². The highest BCUT2D eigenvalue weighted by Gasteiger charge is 2.31. The Morgan fingerprint density at radius 1 is 1.00 bits per heavy atom. The first-order valence-corrected chi connectivity index (χ1v) is 14.1. The fourth-order valence-corrected chi connectivity index (χ4v) is 5.57. The maximum absolute atomic E-state index is 12.6. The summed E-state index contributed by atoms with van der Waals surface area (Å²) >= 11 is 1.39. The van der Waals surface area contributed by atoms with E-state index in [-0.39, 0.29) is 5.75 Å². The van der Waals surface area contributed by atoms with Gasteiger partial charge in [0.1, 0.15) is 12.1 Å². The molecular formula is C31H27F3N6O2S. The van der Waals surface area contributed by atoms with Crippen LogP contribution in [0.15, 0.2) is 82.4 Å². The lowest BCUT2D eigenvalue weighted by molar-refractivity contribution is -0.274. The third-order valence-electron chi connectivity index (χ3n) is 6.50. The number of benzene rings is 3. The smallest absolute Gasteiger partial charge is 0.406 e. The van der Waals surface area contributed by atoms with Crippen molar-refractivity contribution in [3.8, 4) is 28.5 Å². The summed E-state index contributed by atoms with van der Waals surface area (Å²) in [4.78, 5) is 25.8. The number of aliphatic imine (C=N–C) groups is 1. The number of nitrogens with zero attached hydrogens (tertiary/aromatic N) is 6. The molecule has 12 heteroatoms. The van der Waals surface area contributed by atoms with Gasteiger partial charge in [-0.15, -0.1) is 29.6 Å². The molecule has 2 heterocycles. The second-order valence-electron chi connectivity index (χ2n) is 9.90. The quantitative estimate of drug-likeness (QED) is 0.191. The molecule has 220 valence electrons.